The van der Waals surface area contributed by atoms with Gasteiger partial charge in [0.1, 0.15) is 16.9 Å². The van der Waals surface area contributed by atoms with Gasteiger partial charge in [-0.2, -0.15) is 12.6 Å². The van der Waals surface area contributed by atoms with Gasteiger partial charge < -0.3 is 4.74 Å². The van der Waals surface area contributed by atoms with Crippen LogP contribution in [0.1, 0.15) is 53.9 Å². The van der Waals surface area contributed by atoms with Gasteiger partial charge in [0.15, 0.2) is 0 Å². The van der Waals surface area contributed by atoms with Crippen molar-refractivity contribution in [3.8, 4) is 5.75 Å². The predicted octanol–water partition coefficient (Wildman–Crippen LogP) is 4.28. The second kappa shape index (κ2) is 6.51. The maximum absolute atomic E-state index is 6.02. The molecule has 1 heterocycles. The molecule has 2 nitrogen and oxygen atoms in total. The fourth-order valence-electron chi connectivity index (χ4n) is 3.51. The fraction of sp³-hybridized carbons (Fsp3) is 0.333. The molecule has 3 heteroatoms. The summed E-state index contributed by atoms with van der Waals surface area (Å²) in [5.74, 6) is 2.22. The van der Waals surface area contributed by atoms with Gasteiger partial charge >= 0.3 is 12.1 Å². The maximum Gasteiger partial charge on any atom is 0.499 e. The van der Waals surface area contributed by atoms with Crippen LogP contribution < -0.4 is 9.40 Å². The molecule has 4 rings (SSSR count). The summed E-state index contributed by atoms with van der Waals surface area (Å²) < 4.78 is 10.5. The molecule has 0 radical (unpaired) electrons. The summed E-state index contributed by atoms with van der Waals surface area (Å²) in [6, 6.07) is 14.8. The molecule has 0 saturated heterocycles. The Bertz CT molecular complexity index is 810. The third kappa shape index (κ3) is 3.15. The minimum atomic E-state index is 0.579. The lowest BCUT2D eigenvalue weighted by Crippen LogP contribution is -2.19. The number of benzene rings is 2. The van der Waals surface area contributed by atoms with Crippen molar-refractivity contribution >= 4 is 24.7 Å². The van der Waals surface area contributed by atoms with Gasteiger partial charge in [0.2, 0.25) is 0 Å². The van der Waals surface area contributed by atoms with Gasteiger partial charge in [-0.15, -0.1) is 0 Å². The Balaban J connectivity index is 1.60. The molecule has 0 atom stereocenters. The minimum absolute atomic E-state index is 0.579. The SMILES string of the molecule is Cc1ccc(C2=[N+]=Cc3cc(C4CCC(S)CC4)ccc3O2)cc1. The van der Waals surface area contributed by atoms with Gasteiger partial charge in [-0.05, 0) is 73.0 Å². The largest absolute Gasteiger partial charge is 0.499 e. The van der Waals surface area contributed by atoms with E-state index in [2.05, 4.69) is 66.7 Å². The highest BCUT2D eigenvalue weighted by Gasteiger charge is 2.25. The Morgan fingerprint density at radius 3 is 2.50 bits per heavy atom. The van der Waals surface area contributed by atoms with Crippen molar-refractivity contribution in [3.63, 3.8) is 0 Å². The first-order valence-electron chi connectivity index (χ1n) is 8.67. The molecule has 0 N–H and O–H groups in total. The lowest BCUT2D eigenvalue weighted by atomic mass is 9.83. The number of hydrogen-bond donors (Lipinski definition) is 1. The number of fused-ring (bicyclic) bond motifs is 1. The van der Waals surface area contributed by atoms with Crippen LogP contribution in [-0.4, -0.2) is 17.4 Å². The third-order valence-corrected chi connectivity index (χ3v) is 5.54. The molecular weight excluding hydrogens is 314 g/mol. The Hall–Kier alpha value is -1.96. The highest BCUT2D eigenvalue weighted by molar-refractivity contribution is 7.80. The van der Waals surface area contributed by atoms with E-state index in [1.807, 2.05) is 6.21 Å². The van der Waals surface area contributed by atoms with Crippen LogP contribution in [-0.2, 0) is 0 Å². The van der Waals surface area contributed by atoms with Crippen LogP contribution in [0, 0.1) is 6.92 Å². The first-order chi connectivity index (χ1) is 11.7. The molecule has 24 heavy (non-hydrogen) atoms. The number of ether oxygens (including phenoxy) is 1. The van der Waals surface area contributed by atoms with Gasteiger partial charge in [0.05, 0.1) is 0 Å². The monoisotopic (exact) mass is 336 g/mol. The molecule has 1 aliphatic carbocycles. The van der Waals surface area contributed by atoms with E-state index in [4.69, 9.17) is 4.74 Å². The second-order valence-electron chi connectivity index (χ2n) is 6.83. The van der Waals surface area contributed by atoms with E-state index in [9.17, 15) is 0 Å². The molecule has 0 amide bonds. The Labute approximate surface area is 148 Å². The van der Waals surface area contributed by atoms with Crippen LogP contribution in [0.4, 0.5) is 0 Å². The second-order valence-corrected chi connectivity index (χ2v) is 7.56. The first kappa shape index (κ1) is 15.6. The van der Waals surface area contributed by atoms with Crippen molar-refractivity contribution in [1.82, 2.24) is 4.67 Å². The van der Waals surface area contributed by atoms with E-state index < -0.39 is 0 Å². The summed E-state index contributed by atoms with van der Waals surface area (Å²) in [7, 11) is 0. The zero-order valence-corrected chi connectivity index (χ0v) is 14.8. The lowest BCUT2D eigenvalue weighted by Gasteiger charge is -2.26. The number of hydrogen-bond acceptors (Lipinski definition) is 2. The van der Waals surface area contributed by atoms with Gasteiger partial charge in [-0.25, -0.2) is 0 Å². The van der Waals surface area contributed by atoms with Crippen LogP contribution >= 0.6 is 12.6 Å². The van der Waals surface area contributed by atoms with Crippen LogP contribution in [0.25, 0.3) is 0 Å². The average Bonchev–Trinajstić information content (AvgIpc) is 2.62. The minimum Gasteiger partial charge on any atom is -0.391 e. The number of rotatable bonds is 2. The molecule has 0 unspecified atom stereocenters. The highest BCUT2D eigenvalue weighted by Crippen LogP contribution is 2.36. The third-order valence-electron chi connectivity index (χ3n) is 5.03. The van der Waals surface area contributed by atoms with E-state index in [1.165, 1.54) is 36.8 Å². The summed E-state index contributed by atoms with van der Waals surface area (Å²) in [4.78, 5) is 0. The molecule has 0 spiro atoms. The molecule has 122 valence electrons. The van der Waals surface area contributed by atoms with Gasteiger partial charge in [0.25, 0.3) is 0 Å². The fourth-order valence-corrected chi connectivity index (χ4v) is 3.81. The van der Waals surface area contributed by atoms with Gasteiger partial charge in [-0.3, -0.25) is 0 Å². The molecule has 1 saturated carbocycles. The van der Waals surface area contributed by atoms with E-state index in [1.54, 1.807) is 0 Å². The van der Waals surface area contributed by atoms with Crippen molar-refractivity contribution < 1.29 is 4.74 Å². The smallest absolute Gasteiger partial charge is 0.391 e. The zero-order valence-electron chi connectivity index (χ0n) is 13.9. The zero-order chi connectivity index (χ0) is 16.5. The molecule has 1 aliphatic heterocycles. The van der Waals surface area contributed by atoms with Crippen LogP contribution in [0.3, 0.4) is 0 Å². The number of nitrogens with zero attached hydrogens (tertiary/aromatic N) is 1. The van der Waals surface area contributed by atoms with Crippen molar-refractivity contribution in [3.05, 3.63) is 64.7 Å². The predicted molar refractivity (Wildman–Crippen MR) is 104 cm³/mol. The van der Waals surface area contributed by atoms with Gasteiger partial charge in [-0.1, -0.05) is 23.8 Å². The molecule has 0 bridgehead atoms. The van der Waals surface area contributed by atoms with E-state index in [0.29, 0.717) is 17.1 Å². The summed E-state index contributed by atoms with van der Waals surface area (Å²) in [6.07, 6.45) is 6.81. The highest BCUT2D eigenvalue weighted by atomic mass is 32.1. The van der Waals surface area contributed by atoms with Gasteiger partial charge in [0, 0.05) is 5.25 Å². The molecule has 2 aromatic carbocycles. The summed E-state index contributed by atoms with van der Waals surface area (Å²) in [5.41, 5.74) is 4.73. The number of thiol groups is 1. The molecular formula is C21H22NOS+. The Morgan fingerprint density at radius 2 is 1.75 bits per heavy atom. The van der Waals surface area contributed by atoms with Crippen LogP contribution in [0.15, 0.2) is 42.5 Å². The normalized spacial score (nSPS) is 22.5. The summed E-state index contributed by atoms with van der Waals surface area (Å²) >= 11 is 4.60. The molecule has 0 aromatic heterocycles. The number of aryl methyl sites for hydroxylation is 1. The lowest BCUT2D eigenvalue weighted by molar-refractivity contribution is 0.454. The topological polar surface area (TPSA) is 23.3 Å². The van der Waals surface area contributed by atoms with Crippen molar-refractivity contribution in [2.24, 2.45) is 0 Å². The quantitative estimate of drug-likeness (QED) is 0.642. The first-order valence-corrected chi connectivity index (χ1v) is 9.18. The maximum atomic E-state index is 6.02. The van der Waals surface area contributed by atoms with Crippen molar-refractivity contribution in [2.45, 2.75) is 43.8 Å². The van der Waals surface area contributed by atoms with Crippen LogP contribution in [0.5, 0.6) is 5.75 Å². The molecule has 2 aromatic rings. The van der Waals surface area contributed by atoms with Crippen molar-refractivity contribution in [2.75, 3.05) is 0 Å². The van der Waals surface area contributed by atoms with Crippen molar-refractivity contribution in [1.29, 1.82) is 0 Å². The van der Waals surface area contributed by atoms with Crippen LogP contribution in [0.2, 0.25) is 0 Å². The van der Waals surface area contributed by atoms with E-state index >= 15 is 0 Å². The van der Waals surface area contributed by atoms with E-state index in [0.717, 1.165) is 16.9 Å². The Kier molecular flexibility index (Phi) is 4.22. The standard InChI is InChI=1S/C21H21NOS/c1-14-2-4-16(5-3-14)21-22-13-18-12-17(8-11-20(18)23-21)15-6-9-19(24)10-7-15/h2-5,8,11-13,15,19H,6-7,9-10H2,1H3/p+1. The summed E-state index contributed by atoms with van der Waals surface area (Å²) in [5, 5.41) is 0.579. The Morgan fingerprint density at radius 1 is 1.00 bits per heavy atom. The molecule has 1 fully saturated rings. The summed E-state index contributed by atoms with van der Waals surface area (Å²) in [6.45, 7) is 2.08. The van der Waals surface area contributed by atoms with E-state index in [-0.39, 0.29) is 0 Å². The molecule has 2 aliphatic rings. The average molecular weight is 336 g/mol.